The number of aromatic nitrogens is 2. The second-order valence-electron chi connectivity index (χ2n) is 8.74. The summed E-state index contributed by atoms with van der Waals surface area (Å²) in [7, 11) is 0. The van der Waals surface area contributed by atoms with Gasteiger partial charge in [0.15, 0.2) is 5.69 Å². The normalized spacial score (nSPS) is 16.0. The summed E-state index contributed by atoms with van der Waals surface area (Å²) < 4.78 is 6.92. The zero-order valence-electron chi connectivity index (χ0n) is 19.8. The van der Waals surface area contributed by atoms with E-state index < -0.39 is 5.97 Å². The summed E-state index contributed by atoms with van der Waals surface area (Å²) in [4.78, 5) is 27.4. The van der Waals surface area contributed by atoms with Crippen LogP contribution < -0.4 is 0 Å². The minimum Gasteiger partial charge on any atom is -0.461 e. The summed E-state index contributed by atoms with van der Waals surface area (Å²) in [5.41, 5.74) is 5.82. The molecule has 6 heteroatoms. The third-order valence-corrected chi connectivity index (χ3v) is 6.42. The lowest BCUT2D eigenvalue weighted by Gasteiger charge is -2.33. The zero-order chi connectivity index (χ0) is 23.5. The van der Waals surface area contributed by atoms with Gasteiger partial charge in [-0.3, -0.25) is 4.79 Å². The number of aryl methyl sites for hydroxylation is 2. The lowest BCUT2D eigenvalue weighted by atomic mass is 10.0. The molecule has 2 heterocycles. The first-order valence-corrected chi connectivity index (χ1v) is 11.6. The standard InChI is InChI=1S/C27H31N3O3/c1-5-33-27(32)24-17-25(22-10-9-18(2)19(3)16-22)30(28-24)23-13-11-21(12-14-23)26(31)29-15-7-6-8-20(29)4/h9-14,16-17,20H,5-8,15H2,1-4H3. The molecule has 4 rings (SSSR count). The smallest absolute Gasteiger partial charge is 0.358 e. The Kier molecular flexibility index (Phi) is 6.63. The molecule has 0 saturated carbocycles. The maximum atomic E-state index is 13.0. The predicted octanol–water partition coefficient (Wildman–Crippen LogP) is 5.35. The molecular formula is C27H31N3O3. The van der Waals surface area contributed by atoms with Gasteiger partial charge in [-0.25, -0.2) is 9.48 Å². The molecule has 3 aromatic rings. The van der Waals surface area contributed by atoms with Gasteiger partial charge >= 0.3 is 5.97 Å². The predicted molar refractivity (Wildman–Crippen MR) is 129 cm³/mol. The Morgan fingerprint density at radius 2 is 1.79 bits per heavy atom. The first kappa shape index (κ1) is 22.8. The van der Waals surface area contributed by atoms with Crippen molar-refractivity contribution in [2.24, 2.45) is 0 Å². The van der Waals surface area contributed by atoms with Gasteiger partial charge in [0.05, 0.1) is 18.0 Å². The third-order valence-electron chi connectivity index (χ3n) is 6.42. The van der Waals surface area contributed by atoms with E-state index in [1.54, 1.807) is 17.7 Å². The van der Waals surface area contributed by atoms with Gasteiger partial charge in [0.1, 0.15) is 0 Å². The van der Waals surface area contributed by atoms with Crippen molar-refractivity contribution in [2.75, 3.05) is 13.2 Å². The van der Waals surface area contributed by atoms with Crippen LogP contribution in [0.5, 0.6) is 0 Å². The number of rotatable bonds is 5. The number of likely N-dealkylation sites (tertiary alicyclic amines) is 1. The van der Waals surface area contributed by atoms with Gasteiger partial charge in [0.25, 0.3) is 5.91 Å². The van der Waals surface area contributed by atoms with E-state index in [0.29, 0.717) is 5.56 Å². The zero-order valence-corrected chi connectivity index (χ0v) is 19.8. The van der Waals surface area contributed by atoms with E-state index in [4.69, 9.17) is 4.74 Å². The summed E-state index contributed by atoms with van der Waals surface area (Å²) in [6.07, 6.45) is 3.28. The van der Waals surface area contributed by atoms with Crippen LogP contribution in [0.3, 0.4) is 0 Å². The molecule has 1 amide bonds. The molecule has 33 heavy (non-hydrogen) atoms. The van der Waals surface area contributed by atoms with E-state index in [2.05, 4.69) is 38.0 Å². The Morgan fingerprint density at radius 1 is 1.03 bits per heavy atom. The van der Waals surface area contributed by atoms with Crippen molar-refractivity contribution in [3.8, 4) is 16.9 Å². The topological polar surface area (TPSA) is 64.4 Å². The van der Waals surface area contributed by atoms with E-state index in [-0.39, 0.29) is 24.2 Å². The van der Waals surface area contributed by atoms with Crippen LogP contribution >= 0.6 is 0 Å². The minimum absolute atomic E-state index is 0.0656. The van der Waals surface area contributed by atoms with Gasteiger partial charge in [-0.15, -0.1) is 0 Å². The Morgan fingerprint density at radius 3 is 2.45 bits per heavy atom. The maximum Gasteiger partial charge on any atom is 0.358 e. The van der Waals surface area contributed by atoms with Crippen molar-refractivity contribution < 1.29 is 14.3 Å². The molecule has 1 saturated heterocycles. The van der Waals surface area contributed by atoms with Crippen molar-refractivity contribution >= 4 is 11.9 Å². The SMILES string of the molecule is CCOC(=O)c1cc(-c2ccc(C)c(C)c2)n(-c2ccc(C(=O)N3CCCCC3C)cc2)n1. The summed E-state index contributed by atoms with van der Waals surface area (Å²) in [6, 6.07) is 15.7. The van der Waals surface area contributed by atoms with E-state index >= 15 is 0 Å². The van der Waals surface area contributed by atoms with Crippen molar-refractivity contribution in [2.45, 2.75) is 53.0 Å². The Balaban J connectivity index is 1.70. The highest BCUT2D eigenvalue weighted by molar-refractivity contribution is 5.94. The molecule has 0 spiro atoms. The number of amides is 1. The van der Waals surface area contributed by atoms with Crippen molar-refractivity contribution in [1.29, 1.82) is 0 Å². The first-order valence-electron chi connectivity index (χ1n) is 11.6. The molecule has 1 aromatic heterocycles. The molecule has 0 aliphatic carbocycles. The fourth-order valence-corrected chi connectivity index (χ4v) is 4.30. The van der Waals surface area contributed by atoms with Crippen molar-refractivity contribution in [1.82, 2.24) is 14.7 Å². The molecule has 0 radical (unpaired) electrons. The minimum atomic E-state index is -0.452. The van der Waals surface area contributed by atoms with E-state index in [1.165, 1.54) is 12.0 Å². The number of carbonyl (C=O) groups excluding carboxylic acids is 2. The van der Waals surface area contributed by atoms with E-state index in [9.17, 15) is 9.59 Å². The molecule has 1 fully saturated rings. The van der Waals surface area contributed by atoms with Gasteiger partial charge in [-0.05, 0) is 94.5 Å². The lowest BCUT2D eigenvalue weighted by molar-refractivity contribution is 0.0518. The number of hydrogen-bond donors (Lipinski definition) is 0. The number of piperidine rings is 1. The van der Waals surface area contributed by atoms with E-state index in [1.807, 2.05) is 35.2 Å². The molecule has 1 unspecified atom stereocenters. The van der Waals surface area contributed by atoms with Crippen LogP contribution in [0.15, 0.2) is 48.5 Å². The monoisotopic (exact) mass is 445 g/mol. The average molecular weight is 446 g/mol. The summed E-state index contributed by atoms with van der Waals surface area (Å²) in [5, 5.41) is 4.55. The molecule has 1 aliphatic rings. The fraction of sp³-hybridized carbons (Fsp3) is 0.370. The number of carbonyl (C=O) groups is 2. The van der Waals surface area contributed by atoms with Crippen molar-refractivity contribution in [3.63, 3.8) is 0 Å². The Labute approximate surface area is 195 Å². The molecule has 1 aliphatic heterocycles. The highest BCUT2D eigenvalue weighted by Crippen LogP contribution is 2.27. The molecule has 1 atom stereocenters. The Bertz CT molecular complexity index is 1160. The second-order valence-corrected chi connectivity index (χ2v) is 8.74. The van der Waals surface area contributed by atoms with Gasteiger partial charge in [0, 0.05) is 23.7 Å². The quantitative estimate of drug-likeness (QED) is 0.497. The summed E-state index contributed by atoms with van der Waals surface area (Å²) in [5.74, 6) is -0.386. The van der Waals surface area contributed by atoms with Gasteiger partial charge in [0.2, 0.25) is 0 Å². The maximum absolute atomic E-state index is 13.0. The number of nitrogens with zero attached hydrogens (tertiary/aromatic N) is 3. The van der Waals surface area contributed by atoms with Crippen LogP contribution in [0.2, 0.25) is 0 Å². The molecular weight excluding hydrogens is 414 g/mol. The number of hydrogen-bond acceptors (Lipinski definition) is 4. The Hall–Kier alpha value is -3.41. The second kappa shape index (κ2) is 9.61. The van der Waals surface area contributed by atoms with E-state index in [0.717, 1.165) is 41.9 Å². The molecule has 0 bridgehead atoms. The van der Waals surface area contributed by atoms with Crippen LogP contribution in [0, 0.1) is 13.8 Å². The largest absolute Gasteiger partial charge is 0.461 e. The summed E-state index contributed by atoms with van der Waals surface area (Å²) in [6.45, 7) is 9.12. The van der Waals surface area contributed by atoms with Crippen LogP contribution in [0.25, 0.3) is 16.9 Å². The number of esters is 1. The number of benzene rings is 2. The van der Waals surface area contributed by atoms with Crippen LogP contribution in [-0.4, -0.2) is 45.8 Å². The van der Waals surface area contributed by atoms with Gasteiger partial charge in [-0.1, -0.05) is 12.1 Å². The van der Waals surface area contributed by atoms with Crippen LogP contribution in [0.4, 0.5) is 0 Å². The summed E-state index contributed by atoms with van der Waals surface area (Å²) >= 11 is 0. The lowest BCUT2D eigenvalue weighted by Crippen LogP contribution is -2.42. The van der Waals surface area contributed by atoms with Gasteiger partial charge < -0.3 is 9.64 Å². The first-order chi connectivity index (χ1) is 15.9. The molecule has 2 aromatic carbocycles. The highest BCUT2D eigenvalue weighted by atomic mass is 16.5. The average Bonchev–Trinajstić information content (AvgIpc) is 3.27. The molecule has 0 N–H and O–H groups in total. The molecule has 6 nitrogen and oxygen atoms in total. The molecule has 172 valence electrons. The fourth-order valence-electron chi connectivity index (χ4n) is 4.30. The third kappa shape index (κ3) is 4.70. The van der Waals surface area contributed by atoms with Crippen LogP contribution in [0.1, 0.15) is 65.1 Å². The van der Waals surface area contributed by atoms with Gasteiger partial charge in [-0.2, -0.15) is 5.10 Å². The van der Waals surface area contributed by atoms with Crippen LogP contribution in [-0.2, 0) is 4.74 Å². The number of ether oxygens (including phenoxy) is 1. The highest BCUT2D eigenvalue weighted by Gasteiger charge is 2.24. The van der Waals surface area contributed by atoms with Crippen molar-refractivity contribution in [3.05, 3.63) is 70.9 Å².